The molecule has 2 aromatic rings. The van der Waals surface area contributed by atoms with E-state index < -0.39 is 6.04 Å². The molecule has 2 rings (SSSR count). The maximum absolute atomic E-state index is 11.8. The summed E-state index contributed by atoms with van der Waals surface area (Å²) >= 11 is 1.65. The largest absolute Gasteiger partial charge is 0.347 e. The SMILES string of the molecule is C[C@@H](N)C(=O)NC(Cc1ccccc1)c1cccs1. The van der Waals surface area contributed by atoms with E-state index in [1.54, 1.807) is 18.3 Å². The molecule has 3 N–H and O–H groups in total. The highest BCUT2D eigenvalue weighted by Crippen LogP contribution is 2.23. The maximum Gasteiger partial charge on any atom is 0.237 e. The summed E-state index contributed by atoms with van der Waals surface area (Å²) in [5.74, 6) is -0.116. The van der Waals surface area contributed by atoms with Crippen molar-refractivity contribution in [1.29, 1.82) is 0 Å². The molecule has 3 nitrogen and oxygen atoms in total. The van der Waals surface area contributed by atoms with Crippen molar-refractivity contribution in [3.63, 3.8) is 0 Å². The van der Waals surface area contributed by atoms with Gasteiger partial charge in [0.1, 0.15) is 0 Å². The first-order valence-corrected chi connectivity index (χ1v) is 7.18. The summed E-state index contributed by atoms with van der Waals surface area (Å²) in [6.07, 6.45) is 0.778. The van der Waals surface area contributed by atoms with Gasteiger partial charge in [-0.2, -0.15) is 0 Å². The summed E-state index contributed by atoms with van der Waals surface area (Å²) in [4.78, 5) is 13.0. The molecule has 0 fully saturated rings. The Morgan fingerprint density at radius 2 is 2.00 bits per heavy atom. The van der Waals surface area contributed by atoms with E-state index in [4.69, 9.17) is 5.73 Å². The second kappa shape index (κ2) is 6.50. The minimum absolute atomic E-state index is 0.0131. The Hall–Kier alpha value is -1.65. The van der Waals surface area contributed by atoms with Gasteiger partial charge in [0.2, 0.25) is 5.91 Å². The first-order valence-electron chi connectivity index (χ1n) is 6.30. The van der Waals surface area contributed by atoms with Crippen LogP contribution in [0.2, 0.25) is 0 Å². The van der Waals surface area contributed by atoms with Gasteiger partial charge in [-0.25, -0.2) is 0 Å². The van der Waals surface area contributed by atoms with E-state index in [-0.39, 0.29) is 11.9 Å². The van der Waals surface area contributed by atoms with Crippen molar-refractivity contribution in [2.24, 2.45) is 5.73 Å². The maximum atomic E-state index is 11.8. The summed E-state index contributed by atoms with van der Waals surface area (Å²) in [5.41, 5.74) is 6.82. The average molecular weight is 274 g/mol. The highest BCUT2D eigenvalue weighted by atomic mass is 32.1. The number of carbonyl (C=O) groups excluding carboxylic acids is 1. The Labute approximate surface area is 117 Å². The molecular weight excluding hydrogens is 256 g/mol. The molecule has 19 heavy (non-hydrogen) atoms. The number of amides is 1. The van der Waals surface area contributed by atoms with Gasteiger partial charge in [-0.3, -0.25) is 4.79 Å². The summed E-state index contributed by atoms with van der Waals surface area (Å²) in [7, 11) is 0. The van der Waals surface area contributed by atoms with Crippen molar-refractivity contribution < 1.29 is 4.79 Å². The van der Waals surface area contributed by atoms with E-state index >= 15 is 0 Å². The van der Waals surface area contributed by atoms with Crippen LogP contribution in [0, 0.1) is 0 Å². The molecule has 0 bridgehead atoms. The highest BCUT2D eigenvalue weighted by Gasteiger charge is 2.18. The van der Waals surface area contributed by atoms with E-state index in [2.05, 4.69) is 17.4 Å². The van der Waals surface area contributed by atoms with Gasteiger partial charge in [0.05, 0.1) is 12.1 Å². The molecule has 1 amide bonds. The third-order valence-electron chi connectivity index (χ3n) is 2.90. The second-order valence-electron chi connectivity index (χ2n) is 4.55. The Balaban J connectivity index is 2.13. The Bertz CT molecular complexity index is 508. The topological polar surface area (TPSA) is 55.1 Å². The Morgan fingerprint density at radius 1 is 1.26 bits per heavy atom. The molecule has 0 aliphatic rings. The van der Waals surface area contributed by atoms with Crippen molar-refractivity contribution in [3.8, 4) is 0 Å². The fourth-order valence-corrected chi connectivity index (χ4v) is 2.64. The van der Waals surface area contributed by atoms with Gasteiger partial charge >= 0.3 is 0 Å². The van der Waals surface area contributed by atoms with Crippen LogP contribution in [0.4, 0.5) is 0 Å². The lowest BCUT2D eigenvalue weighted by Crippen LogP contribution is -2.40. The number of benzene rings is 1. The normalized spacial score (nSPS) is 13.8. The van der Waals surface area contributed by atoms with Gasteiger partial charge in [0.25, 0.3) is 0 Å². The third-order valence-corrected chi connectivity index (χ3v) is 3.89. The average Bonchev–Trinajstić information content (AvgIpc) is 2.92. The van der Waals surface area contributed by atoms with Gasteiger partial charge in [-0.15, -0.1) is 11.3 Å². The fourth-order valence-electron chi connectivity index (χ4n) is 1.87. The fraction of sp³-hybridized carbons (Fsp3) is 0.267. The second-order valence-corrected chi connectivity index (χ2v) is 5.53. The van der Waals surface area contributed by atoms with Crippen LogP contribution >= 0.6 is 11.3 Å². The minimum atomic E-state index is -0.488. The lowest BCUT2D eigenvalue weighted by molar-refractivity contribution is -0.122. The van der Waals surface area contributed by atoms with Crippen molar-refractivity contribution in [1.82, 2.24) is 5.32 Å². The van der Waals surface area contributed by atoms with Gasteiger partial charge in [0.15, 0.2) is 0 Å². The first kappa shape index (κ1) is 13.8. The monoisotopic (exact) mass is 274 g/mol. The summed E-state index contributed by atoms with van der Waals surface area (Å²) < 4.78 is 0. The zero-order valence-electron chi connectivity index (χ0n) is 10.9. The quantitative estimate of drug-likeness (QED) is 0.880. The number of nitrogens with two attached hydrogens (primary N) is 1. The van der Waals surface area contributed by atoms with Crippen molar-refractivity contribution in [3.05, 3.63) is 58.3 Å². The van der Waals surface area contributed by atoms with Crippen molar-refractivity contribution in [2.75, 3.05) is 0 Å². The molecule has 4 heteroatoms. The molecule has 1 unspecified atom stereocenters. The molecule has 0 radical (unpaired) electrons. The van der Waals surface area contributed by atoms with Crippen LogP contribution < -0.4 is 11.1 Å². The summed E-state index contributed by atoms with van der Waals surface area (Å²) in [6, 6.07) is 13.7. The summed E-state index contributed by atoms with van der Waals surface area (Å²) in [6.45, 7) is 1.70. The van der Waals surface area contributed by atoms with Crippen LogP contribution in [-0.4, -0.2) is 11.9 Å². The molecule has 0 saturated heterocycles. The van der Waals surface area contributed by atoms with E-state index in [1.807, 2.05) is 35.7 Å². The number of hydrogen-bond acceptors (Lipinski definition) is 3. The van der Waals surface area contributed by atoms with Crippen LogP contribution in [0.5, 0.6) is 0 Å². The molecule has 1 aromatic heterocycles. The van der Waals surface area contributed by atoms with Crippen LogP contribution in [-0.2, 0) is 11.2 Å². The first-order chi connectivity index (χ1) is 9.16. The zero-order valence-corrected chi connectivity index (χ0v) is 11.7. The van der Waals surface area contributed by atoms with Gasteiger partial charge < -0.3 is 11.1 Å². The molecule has 0 saturated carbocycles. The van der Waals surface area contributed by atoms with E-state index in [0.29, 0.717) is 0 Å². The number of nitrogens with one attached hydrogen (secondary N) is 1. The number of hydrogen-bond donors (Lipinski definition) is 2. The standard InChI is InChI=1S/C15H18N2OS/c1-11(16)15(18)17-13(14-8-5-9-19-14)10-12-6-3-2-4-7-12/h2-9,11,13H,10,16H2,1H3,(H,17,18)/t11-,13?/m1/s1. The molecule has 1 aromatic carbocycles. The van der Waals surface area contributed by atoms with Crippen molar-refractivity contribution >= 4 is 17.2 Å². The van der Waals surface area contributed by atoms with Crippen LogP contribution in [0.1, 0.15) is 23.4 Å². The van der Waals surface area contributed by atoms with Gasteiger partial charge in [-0.1, -0.05) is 36.4 Å². The number of thiophene rings is 1. The van der Waals surface area contributed by atoms with Crippen LogP contribution in [0.15, 0.2) is 47.8 Å². The lowest BCUT2D eigenvalue weighted by Gasteiger charge is -2.19. The van der Waals surface area contributed by atoms with E-state index in [1.165, 1.54) is 5.56 Å². The molecule has 100 valence electrons. The molecule has 0 aliphatic heterocycles. The van der Waals surface area contributed by atoms with E-state index in [9.17, 15) is 4.79 Å². The highest BCUT2D eigenvalue weighted by molar-refractivity contribution is 7.10. The molecule has 2 atom stereocenters. The third kappa shape index (κ3) is 3.91. The molecule has 1 heterocycles. The zero-order chi connectivity index (χ0) is 13.7. The van der Waals surface area contributed by atoms with Gasteiger partial charge in [-0.05, 0) is 30.4 Å². The predicted molar refractivity (Wildman–Crippen MR) is 79.0 cm³/mol. The molecule has 0 spiro atoms. The molecule has 0 aliphatic carbocycles. The van der Waals surface area contributed by atoms with Crippen LogP contribution in [0.25, 0.3) is 0 Å². The Morgan fingerprint density at radius 3 is 2.58 bits per heavy atom. The lowest BCUT2D eigenvalue weighted by atomic mass is 10.0. The molecular formula is C15H18N2OS. The predicted octanol–water partition coefficient (Wildman–Crippen LogP) is 2.50. The Kier molecular flexibility index (Phi) is 4.71. The minimum Gasteiger partial charge on any atom is -0.347 e. The smallest absolute Gasteiger partial charge is 0.237 e. The van der Waals surface area contributed by atoms with Crippen molar-refractivity contribution in [2.45, 2.75) is 25.4 Å². The van der Waals surface area contributed by atoms with Crippen LogP contribution in [0.3, 0.4) is 0 Å². The van der Waals surface area contributed by atoms with Gasteiger partial charge in [0, 0.05) is 4.88 Å². The number of rotatable bonds is 5. The number of carbonyl (C=O) groups is 1. The van der Waals surface area contributed by atoms with E-state index in [0.717, 1.165) is 11.3 Å². The summed E-state index contributed by atoms with van der Waals surface area (Å²) in [5, 5.41) is 5.03.